The molecule has 3 rings (SSSR count). The van der Waals surface area contributed by atoms with E-state index in [0.717, 1.165) is 22.5 Å². The zero-order chi connectivity index (χ0) is 22.4. The van der Waals surface area contributed by atoms with E-state index in [9.17, 15) is 9.18 Å². The minimum absolute atomic E-state index is 0.0354. The number of benzene rings is 2. The van der Waals surface area contributed by atoms with Crippen LogP contribution in [0.3, 0.4) is 0 Å². The van der Waals surface area contributed by atoms with Gasteiger partial charge in [0.1, 0.15) is 0 Å². The first-order chi connectivity index (χ1) is 15.0. The second-order valence-electron chi connectivity index (χ2n) is 7.03. The normalized spacial score (nSPS) is 10.9. The quantitative estimate of drug-likeness (QED) is 0.455. The minimum Gasteiger partial charge on any atom is -0.494 e. The second kappa shape index (κ2) is 10.4. The molecule has 8 heteroatoms. The number of carbonyl (C=O) groups excluding carboxylic acids is 1. The van der Waals surface area contributed by atoms with E-state index in [-0.39, 0.29) is 17.4 Å². The average Bonchev–Trinajstić information content (AvgIpc) is 3.18. The summed E-state index contributed by atoms with van der Waals surface area (Å²) in [7, 11) is 1.43. The van der Waals surface area contributed by atoms with Crippen molar-refractivity contribution in [2.75, 3.05) is 19.4 Å². The molecule has 1 heterocycles. The number of carbonyl (C=O) groups is 1. The summed E-state index contributed by atoms with van der Waals surface area (Å²) in [5, 5.41) is 9.40. The van der Waals surface area contributed by atoms with Crippen molar-refractivity contribution in [1.82, 2.24) is 19.7 Å². The van der Waals surface area contributed by atoms with Gasteiger partial charge in [-0.25, -0.2) is 4.39 Å². The number of ether oxygens (including phenoxy) is 1. The van der Waals surface area contributed by atoms with Crippen molar-refractivity contribution in [2.45, 2.75) is 39.0 Å². The maximum Gasteiger partial charge on any atom is 0.233 e. The van der Waals surface area contributed by atoms with Crippen molar-refractivity contribution in [1.29, 1.82) is 0 Å². The zero-order valence-corrected chi connectivity index (χ0v) is 19.1. The molecule has 31 heavy (non-hydrogen) atoms. The van der Waals surface area contributed by atoms with Crippen molar-refractivity contribution < 1.29 is 13.9 Å². The molecule has 0 atom stereocenters. The summed E-state index contributed by atoms with van der Waals surface area (Å²) in [4.78, 5) is 14.5. The minimum atomic E-state index is -0.433. The van der Waals surface area contributed by atoms with Gasteiger partial charge in [-0.2, -0.15) is 0 Å². The summed E-state index contributed by atoms with van der Waals surface area (Å²) < 4.78 is 21.0. The lowest BCUT2D eigenvalue weighted by molar-refractivity contribution is -0.128. The van der Waals surface area contributed by atoms with E-state index < -0.39 is 5.82 Å². The molecule has 0 unspecified atom stereocenters. The maximum absolute atomic E-state index is 14.0. The van der Waals surface area contributed by atoms with Crippen LogP contribution in [-0.4, -0.2) is 45.0 Å². The number of rotatable bonds is 9. The first-order valence-corrected chi connectivity index (χ1v) is 11.2. The van der Waals surface area contributed by atoms with Gasteiger partial charge < -0.3 is 14.2 Å². The van der Waals surface area contributed by atoms with E-state index in [2.05, 4.69) is 10.2 Å². The molecule has 1 aromatic heterocycles. The number of halogens is 1. The van der Waals surface area contributed by atoms with Crippen LogP contribution in [0.4, 0.5) is 4.39 Å². The zero-order valence-electron chi connectivity index (χ0n) is 18.3. The standard InChI is InChI=1S/C23H27FN4O2S/c1-5-27(14-17-11-12-20(30-4)19(24)13-17)21(29)15-31-23-26-25-22(28(23)6-2)18-10-8-7-9-16(18)3/h7-13H,5-6,14-15H2,1-4H3. The molecular weight excluding hydrogens is 415 g/mol. The van der Waals surface area contributed by atoms with E-state index in [1.807, 2.05) is 49.6 Å². The highest BCUT2D eigenvalue weighted by Crippen LogP contribution is 2.26. The first-order valence-electron chi connectivity index (χ1n) is 10.2. The van der Waals surface area contributed by atoms with Gasteiger partial charge in [-0.05, 0) is 44.0 Å². The van der Waals surface area contributed by atoms with Gasteiger partial charge in [-0.15, -0.1) is 10.2 Å². The largest absolute Gasteiger partial charge is 0.494 e. The third-order valence-corrected chi connectivity index (χ3v) is 6.02. The maximum atomic E-state index is 14.0. The van der Waals surface area contributed by atoms with Crippen molar-refractivity contribution in [3.63, 3.8) is 0 Å². The lowest BCUT2D eigenvalue weighted by Crippen LogP contribution is -2.31. The van der Waals surface area contributed by atoms with Crippen LogP contribution in [0, 0.1) is 12.7 Å². The van der Waals surface area contributed by atoms with Gasteiger partial charge in [0.05, 0.1) is 12.9 Å². The van der Waals surface area contributed by atoms with Crippen LogP contribution >= 0.6 is 11.8 Å². The topological polar surface area (TPSA) is 60.2 Å². The fourth-order valence-electron chi connectivity index (χ4n) is 3.33. The molecule has 2 aromatic carbocycles. The van der Waals surface area contributed by atoms with Crippen LogP contribution in [0.1, 0.15) is 25.0 Å². The first kappa shape index (κ1) is 22.8. The van der Waals surface area contributed by atoms with Gasteiger partial charge >= 0.3 is 0 Å². The summed E-state index contributed by atoms with van der Waals surface area (Å²) in [6, 6.07) is 12.8. The van der Waals surface area contributed by atoms with Gasteiger partial charge in [0.2, 0.25) is 5.91 Å². The Morgan fingerprint density at radius 1 is 1.19 bits per heavy atom. The Labute approximate surface area is 186 Å². The molecule has 0 spiro atoms. The highest BCUT2D eigenvalue weighted by molar-refractivity contribution is 7.99. The molecule has 0 fully saturated rings. The van der Waals surface area contributed by atoms with E-state index in [1.165, 1.54) is 24.9 Å². The molecule has 0 aliphatic carbocycles. The SMILES string of the molecule is CCN(Cc1ccc(OC)c(F)c1)C(=O)CSc1nnc(-c2ccccc2C)n1CC. The van der Waals surface area contributed by atoms with Gasteiger partial charge in [0, 0.05) is 25.2 Å². The molecular formula is C23H27FN4O2S. The fourth-order valence-corrected chi connectivity index (χ4v) is 4.23. The van der Waals surface area contributed by atoms with E-state index in [4.69, 9.17) is 4.74 Å². The number of aryl methyl sites for hydroxylation is 1. The van der Waals surface area contributed by atoms with Crippen molar-refractivity contribution in [3.05, 3.63) is 59.4 Å². The van der Waals surface area contributed by atoms with Gasteiger partial charge in [0.15, 0.2) is 22.5 Å². The Hall–Kier alpha value is -2.87. The summed E-state index contributed by atoms with van der Waals surface area (Å²) in [6.45, 7) is 7.56. The van der Waals surface area contributed by atoms with Crippen LogP contribution in [0.5, 0.6) is 5.75 Å². The number of aromatic nitrogens is 3. The van der Waals surface area contributed by atoms with Gasteiger partial charge in [-0.3, -0.25) is 4.79 Å². The molecule has 0 N–H and O–H groups in total. The Balaban J connectivity index is 1.69. The molecule has 1 amide bonds. The Kier molecular flexibility index (Phi) is 7.68. The molecule has 6 nitrogen and oxygen atoms in total. The Morgan fingerprint density at radius 3 is 2.61 bits per heavy atom. The van der Waals surface area contributed by atoms with E-state index in [0.29, 0.717) is 24.8 Å². The molecule has 0 aliphatic heterocycles. The molecule has 0 saturated heterocycles. The monoisotopic (exact) mass is 442 g/mol. The van der Waals surface area contributed by atoms with Gasteiger partial charge in [-0.1, -0.05) is 42.1 Å². The Bertz CT molecular complexity index is 1050. The molecule has 164 valence electrons. The third-order valence-electron chi connectivity index (χ3n) is 5.07. The van der Waals surface area contributed by atoms with Crippen LogP contribution in [-0.2, 0) is 17.9 Å². The predicted molar refractivity (Wildman–Crippen MR) is 121 cm³/mol. The smallest absolute Gasteiger partial charge is 0.233 e. The fraction of sp³-hybridized carbons (Fsp3) is 0.348. The number of hydrogen-bond donors (Lipinski definition) is 0. The van der Waals surface area contributed by atoms with Crippen LogP contribution in [0.25, 0.3) is 11.4 Å². The second-order valence-corrected chi connectivity index (χ2v) is 7.97. The highest BCUT2D eigenvalue weighted by Gasteiger charge is 2.18. The lowest BCUT2D eigenvalue weighted by Gasteiger charge is -2.21. The van der Waals surface area contributed by atoms with Crippen molar-refractivity contribution >= 4 is 17.7 Å². The predicted octanol–water partition coefficient (Wildman–Crippen LogP) is 4.56. The highest BCUT2D eigenvalue weighted by atomic mass is 32.2. The third kappa shape index (κ3) is 5.25. The Morgan fingerprint density at radius 2 is 1.97 bits per heavy atom. The summed E-state index contributed by atoms with van der Waals surface area (Å²) >= 11 is 1.37. The molecule has 0 bridgehead atoms. The molecule has 0 radical (unpaired) electrons. The van der Waals surface area contributed by atoms with Crippen LogP contribution < -0.4 is 4.74 Å². The van der Waals surface area contributed by atoms with Crippen LogP contribution in [0.2, 0.25) is 0 Å². The van der Waals surface area contributed by atoms with Gasteiger partial charge in [0.25, 0.3) is 0 Å². The molecule has 0 saturated carbocycles. The van der Waals surface area contributed by atoms with Crippen LogP contribution in [0.15, 0.2) is 47.6 Å². The molecule has 3 aromatic rings. The number of hydrogen-bond acceptors (Lipinski definition) is 5. The summed E-state index contributed by atoms with van der Waals surface area (Å²) in [5.41, 5.74) is 2.88. The van der Waals surface area contributed by atoms with Crippen molar-refractivity contribution in [2.24, 2.45) is 0 Å². The number of nitrogens with zero attached hydrogens (tertiary/aromatic N) is 4. The number of amides is 1. The number of thioether (sulfide) groups is 1. The number of methoxy groups -OCH3 is 1. The summed E-state index contributed by atoms with van der Waals surface area (Å²) in [6.07, 6.45) is 0. The van der Waals surface area contributed by atoms with E-state index in [1.54, 1.807) is 17.0 Å². The molecule has 0 aliphatic rings. The van der Waals surface area contributed by atoms with E-state index >= 15 is 0 Å². The average molecular weight is 443 g/mol. The lowest BCUT2D eigenvalue weighted by atomic mass is 10.1. The van der Waals surface area contributed by atoms with Crippen molar-refractivity contribution in [3.8, 4) is 17.1 Å². The summed E-state index contributed by atoms with van der Waals surface area (Å²) in [5.74, 6) is 0.761.